The van der Waals surface area contributed by atoms with E-state index in [-0.39, 0.29) is 0 Å². The molecule has 54 valence electrons. The van der Waals surface area contributed by atoms with Crippen LogP contribution in [-0.4, -0.2) is 6.21 Å². The molecule has 0 fully saturated rings. The van der Waals surface area contributed by atoms with Crippen molar-refractivity contribution < 1.29 is 4.42 Å². The molecule has 0 radical (unpaired) electrons. The van der Waals surface area contributed by atoms with Gasteiger partial charge in [-0.1, -0.05) is 0 Å². The van der Waals surface area contributed by atoms with E-state index in [1.165, 1.54) is 0 Å². The summed E-state index contributed by atoms with van der Waals surface area (Å²) in [4.78, 5) is 0. The lowest BCUT2D eigenvalue weighted by molar-refractivity contribution is 0.526. The van der Waals surface area contributed by atoms with Gasteiger partial charge in [0.15, 0.2) is 5.76 Å². The number of nitrogens with two attached hydrogens (primary N) is 1. The molecule has 1 aromatic heterocycles. The summed E-state index contributed by atoms with van der Waals surface area (Å²) in [7, 11) is 0. The predicted molar refractivity (Wildman–Crippen MR) is 43.4 cm³/mol. The van der Waals surface area contributed by atoms with Gasteiger partial charge in [-0.05, 0) is 22.9 Å². The zero-order valence-electron chi connectivity index (χ0n) is 5.44. The smallest absolute Gasteiger partial charge is 0.168 e. The van der Waals surface area contributed by atoms with Gasteiger partial charge in [0.2, 0.25) is 0 Å². The Balaban J connectivity index is 3.30. The van der Waals surface area contributed by atoms with Gasteiger partial charge in [-0.15, -0.1) is 0 Å². The molecule has 0 aliphatic heterocycles. The Hall–Kier alpha value is -0.770. The molecule has 10 heavy (non-hydrogen) atoms. The number of nitrogens with one attached hydrogen (secondary N) is 1. The van der Waals surface area contributed by atoms with Crippen molar-refractivity contribution in [2.75, 3.05) is 5.73 Å². The molecule has 0 aliphatic carbocycles. The Kier molecular flexibility index (Phi) is 1.80. The summed E-state index contributed by atoms with van der Waals surface area (Å²) in [6, 6.07) is 0. The minimum atomic E-state index is 0.407. The van der Waals surface area contributed by atoms with Gasteiger partial charge in [-0.25, -0.2) is 0 Å². The molecule has 1 rings (SSSR count). The maximum Gasteiger partial charge on any atom is 0.168 e. The summed E-state index contributed by atoms with van der Waals surface area (Å²) < 4.78 is 5.82. The largest absolute Gasteiger partial charge is 0.457 e. The molecule has 0 saturated heterocycles. The lowest BCUT2D eigenvalue weighted by atomic mass is 10.4. The first-order chi connectivity index (χ1) is 4.66. The van der Waals surface area contributed by atoms with E-state index < -0.39 is 0 Å². The maximum atomic E-state index is 6.87. The van der Waals surface area contributed by atoms with Gasteiger partial charge in [0, 0.05) is 0 Å². The highest BCUT2D eigenvalue weighted by Gasteiger charge is 2.09. The number of rotatable bonds is 1. The van der Waals surface area contributed by atoms with E-state index >= 15 is 0 Å². The van der Waals surface area contributed by atoms with E-state index in [0.717, 1.165) is 10.7 Å². The molecule has 0 aromatic carbocycles. The molecule has 0 aliphatic rings. The molecule has 1 aromatic rings. The fourth-order valence-corrected chi connectivity index (χ4v) is 0.946. The summed E-state index contributed by atoms with van der Waals surface area (Å²) in [5, 5.41) is 6.87. The molecule has 0 spiro atoms. The molecular weight excluding hydrogens is 196 g/mol. The van der Waals surface area contributed by atoms with E-state index in [9.17, 15) is 0 Å². The van der Waals surface area contributed by atoms with Gasteiger partial charge in [-0.2, -0.15) is 0 Å². The van der Waals surface area contributed by atoms with Gasteiger partial charge >= 0.3 is 0 Å². The Morgan fingerprint density at radius 3 is 2.50 bits per heavy atom. The topological polar surface area (TPSA) is 63.0 Å². The zero-order valence-corrected chi connectivity index (χ0v) is 7.03. The molecular formula is C6H7BrN2O. The van der Waals surface area contributed by atoms with Crippen LogP contribution in [0.2, 0.25) is 0 Å². The minimum Gasteiger partial charge on any atom is -0.457 e. The predicted octanol–water partition coefficient (Wildman–Crippen LogP) is 1.93. The Bertz CT molecular complexity index is 267. The van der Waals surface area contributed by atoms with E-state index in [1.807, 2.05) is 0 Å². The Morgan fingerprint density at radius 2 is 2.30 bits per heavy atom. The third-order valence-electron chi connectivity index (χ3n) is 1.21. The Morgan fingerprint density at radius 1 is 1.70 bits per heavy atom. The summed E-state index contributed by atoms with van der Waals surface area (Å²) in [6.45, 7) is 1.79. The number of furan rings is 1. The van der Waals surface area contributed by atoms with Crippen LogP contribution in [0.3, 0.4) is 0 Å². The standard InChI is InChI=1S/C6H7BrN2O/c1-3-5(7)6(9)4(2-8)10-3/h2,8H,9H2,1H3. The third-order valence-corrected chi connectivity index (χ3v) is 2.19. The fourth-order valence-electron chi connectivity index (χ4n) is 0.670. The van der Waals surface area contributed by atoms with Crippen molar-refractivity contribution in [2.24, 2.45) is 0 Å². The highest BCUT2D eigenvalue weighted by Crippen LogP contribution is 2.28. The van der Waals surface area contributed by atoms with E-state index in [1.54, 1.807) is 6.92 Å². The van der Waals surface area contributed by atoms with Gasteiger partial charge in [0.05, 0.1) is 16.4 Å². The number of hydrogen-bond donors (Lipinski definition) is 2. The first kappa shape index (κ1) is 7.34. The number of nitrogen functional groups attached to an aromatic ring is 1. The lowest BCUT2D eigenvalue weighted by Crippen LogP contribution is -1.86. The van der Waals surface area contributed by atoms with Crippen LogP contribution in [0.25, 0.3) is 0 Å². The number of aryl methyl sites for hydroxylation is 1. The van der Waals surface area contributed by atoms with Crippen LogP contribution >= 0.6 is 15.9 Å². The average molecular weight is 203 g/mol. The summed E-state index contributed by atoms with van der Waals surface area (Å²) in [5.74, 6) is 1.11. The number of hydrogen-bond acceptors (Lipinski definition) is 3. The molecule has 0 unspecified atom stereocenters. The quantitative estimate of drug-likeness (QED) is 0.685. The minimum absolute atomic E-state index is 0.407. The van der Waals surface area contributed by atoms with Crippen LogP contribution in [0.15, 0.2) is 8.89 Å². The highest BCUT2D eigenvalue weighted by atomic mass is 79.9. The normalized spacial score (nSPS) is 9.80. The van der Waals surface area contributed by atoms with Crippen molar-refractivity contribution in [3.8, 4) is 0 Å². The second-order valence-corrected chi connectivity index (χ2v) is 2.69. The second-order valence-electron chi connectivity index (χ2n) is 1.89. The van der Waals surface area contributed by atoms with Crippen LogP contribution in [0.5, 0.6) is 0 Å². The van der Waals surface area contributed by atoms with Crippen molar-refractivity contribution in [1.29, 1.82) is 5.41 Å². The maximum absolute atomic E-state index is 6.87. The van der Waals surface area contributed by atoms with Crippen LogP contribution in [0.4, 0.5) is 5.69 Å². The fraction of sp³-hybridized carbons (Fsp3) is 0.167. The first-order valence-electron chi connectivity index (χ1n) is 2.71. The molecule has 3 N–H and O–H groups in total. The SMILES string of the molecule is Cc1oc(C=N)c(N)c1Br. The lowest BCUT2D eigenvalue weighted by Gasteiger charge is -1.84. The molecule has 0 bridgehead atoms. The van der Waals surface area contributed by atoms with Crippen molar-refractivity contribution in [2.45, 2.75) is 6.92 Å². The van der Waals surface area contributed by atoms with Gasteiger partial charge in [-0.3, -0.25) is 0 Å². The molecule has 3 nitrogen and oxygen atoms in total. The van der Waals surface area contributed by atoms with Crippen molar-refractivity contribution in [3.63, 3.8) is 0 Å². The number of anilines is 1. The van der Waals surface area contributed by atoms with Gasteiger partial charge in [0.1, 0.15) is 5.76 Å². The van der Waals surface area contributed by atoms with E-state index in [4.69, 9.17) is 15.6 Å². The van der Waals surface area contributed by atoms with Crippen LogP contribution in [-0.2, 0) is 0 Å². The molecule has 0 amide bonds. The first-order valence-corrected chi connectivity index (χ1v) is 3.51. The number of halogens is 1. The van der Waals surface area contributed by atoms with Crippen LogP contribution in [0, 0.1) is 12.3 Å². The van der Waals surface area contributed by atoms with Crippen molar-refractivity contribution in [1.82, 2.24) is 0 Å². The van der Waals surface area contributed by atoms with Crippen molar-refractivity contribution >= 4 is 27.8 Å². The van der Waals surface area contributed by atoms with E-state index in [2.05, 4.69) is 15.9 Å². The van der Waals surface area contributed by atoms with Crippen LogP contribution in [0.1, 0.15) is 11.5 Å². The van der Waals surface area contributed by atoms with Gasteiger partial charge in [0.25, 0.3) is 0 Å². The Labute approximate surface area is 66.8 Å². The monoisotopic (exact) mass is 202 g/mol. The summed E-state index contributed by atoms with van der Waals surface area (Å²) in [6.07, 6.45) is 1.09. The molecule has 0 atom stereocenters. The van der Waals surface area contributed by atoms with Crippen molar-refractivity contribution in [3.05, 3.63) is 16.0 Å². The summed E-state index contributed by atoms with van der Waals surface area (Å²) >= 11 is 3.22. The molecule has 4 heteroatoms. The zero-order chi connectivity index (χ0) is 7.72. The third kappa shape index (κ3) is 0.945. The summed E-state index contributed by atoms with van der Waals surface area (Å²) in [5.41, 5.74) is 6.02. The average Bonchev–Trinajstić information content (AvgIpc) is 2.17. The molecule has 1 heterocycles. The second kappa shape index (κ2) is 2.46. The van der Waals surface area contributed by atoms with E-state index in [0.29, 0.717) is 17.2 Å². The highest BCUT2D eigenvalue weighted by molar-refractivity contribution is 9.10. The molecule has 0 saturated carbocycles. The van der Waals surface area contributed by atoms with Gasteiger partial charge < -0.3 is 15.6 Å². The van der Waals surface area contributed by atoms with Crippen LogP contribution < -0.4 is 5.73 Å².